The van der Waals surface area contributed by atoms with Crippen LogP contribution in [-0.4, -0.2) is 66.3 Å². The molecule has 0 aromatic heterocycles. The highest BCUT2D eigenvalue weighted by molar-refractivity contribution is 6.04. The van der Waals surface area contributed by atoms with Crippen LogP contribution in [0.15, 0.2) is 47.6 Å². The summed E-state index contributed by atoms with van der Waals surface area (Å²) in [7, 11) is 2.12. The Morgan fingerprint density at radius 3 is 2.53 bits per heavy atom. The smallest absolute Gasteiger partial charge is 0.303 e. The van der Waals surface area contributed by atoms with Gasteiger partial charge in [-0.15, -0.1) is 0 Å². The quantitative estimate of drug-likeness (QED) is 0.607. The third kappa shape index (κ3) is 5.83. The maximum Gasteiger partial charge on any atom is 0.303 e. The van der Waals surface area contributed by atoms with Crippen LogP contribution in [0.3, 0.4) is 0 Å². The minimum Gasteiger partial charge on any atom is -0.481 e. The molecular weight excluding hydrogens is 428 g/mol. The van der Waals surface area contributed by atoms with Gasteiger partial charge in [0.05, 0.1) is 6.21 Å². The number of hydrogen-bond acceptors (Lipinski definition) is 5. The molecule has 1 aliphatic heterocycles. The fourth-order valence-corrected chi connectivity index (χ4v) is 5.06. The summed E-state index contributed by atoms with van der Waals surface area (Å²) >= 11 is 0. The summed E-state index contributed by atoms with van der Waals surface area (Å²) in [4.78, 5) is 26.4. The highest BCUT2D eigenvalue weighted by Crippen LogP contribution is 2.40. The van der Waals surface area contributed by atoms with E-state index in [0.29, 0.717) is 5.56 Å². The van der Waals surface area contributed by atoms with Crippen molar-refractivity contribution in [1.82, 2.24) is 9.91 Å². The molecule has 2 N–H and O–H groups in total. The maximum atomic E-state index is 12.9. The van der Waals surface area contributed by atoms with E-state index >= 15 is 0 Å². The topological polar surface area (TPSA) is 85.2 Å². The molecule has 2 aromatic carbocycles. The molecule has 2 aliphatic rings. The normalized spacial score (nSPS) is 20.8. The monoisotopic (exact) mass is 462 g/mol. The number of hydrogen-bond donors (Lipinski definition) is 2. The van der Waals surface area contributed by atoms with Crippen molar-refractivity contribution in [2.45, 2.75) is 38.5 Å². The highest BCUT2D eigenvalue weighted by Gasteiger charge is 2.30. The molecule has 1 fully saturated rings. The van der Waals surface area contributed by atoms with Crippen molar-refractivity contribution in [1.29, 1.82) is 0 Å². The van der Waals surface area contributed by atoms with Crippen LogP contribution in [0.25, 0.3) is 0 Å². The average Bonchev–Trinajstić information content (AvgIpc) is 2.84. The molecule has 0 bridgehead atoms. The second-order valence-electron chi connectivity index (χ2n) is 9.40. The number of carbonyl (C=O) groups is 2. The lowest BCUT2D eigenvalue weighted by Crippen LogP contribution is -2.41. The van der Waals surface area contributed by atoms with Crippen LogP contribution >= 0.6 is 0 Å². The molecule has 180 valence electrons. The summed E-state index contributed by atoms with van der Waals surface area (Å²) in [5.41, 5.74) is 4.72. The summed E-state index contributed by atoms with van der Waals surface area (Å²) in [5.74, 6) is -0.480. The lowest BCUT2D eigenvalue weighted by molar-refractivity contribution is -0.138. The summed E-state index contributed by atoms with van der Waals surface area (Å²) in [6, 6.07) is 13.5. The van der Waals surface area contributed by atoms with Crippen molar-refractivity contribution < 1.29 is 14.7 Å². The minimum absolute atomic E-state index is 0.137. The van der Waals surface area contributed by atoms with Gasteiger partial charge in [0.25, 0.3) is 5.91 Å². The molecule has 2 atom stereocenters. The highest BCUT2D eigenvalue weighted by atomic mass is 16.4. The van der Waals surface area contributed by atoms with Crippen molar-refractivity contribution in [3.63, 3.8) is 0 Å². The van der Waals surface area contributed by atoms with E-state index in [9.17, 15) is 14.7 Å². The maximum absolute atomic E-state index is 12.9. The number of carboxylic acids is 1. The molecule has 2 aromatic rings. The zero-order valence-corrected chi connectivity index (χ0v) is 20.0. The van der Waals surface area contributed by atoms with Crippen LogP contribution in [0, 0.1) is 5.92 Å². The SMILES string of the molecule is CCC1c2ccc(C(=O)Nc3ccc(C=NN4CCN(C)CC4)cc3)cc2CCC1CC(=O)O. The average molecular weight is 463 g/mol. The summed E-state index contributed by atoms with van der Waals surface area (Å²) in [6.07, 6.45) is 4.63. The Morgan fingerprint density at radius 1 is 1.12 bits per heavy atom. The van der Waals surface area contributed by atoms with Crippen molar-refractivity contribution >= 4 is 23.8 Å². The van der Waals surface area contributed by atoms with Crippen LogP contribution < -0.4 is 5.32 Å². The Hall–Kier alpha value is -3.19. The fraction of sp³-hybridized carbons (Fsp3) is 0.444. The van der Waals surface area contributed by atoms with Gasteiger partial charge in [0.15, 0.2) is 0 Å². The summed E-state index contributed by atoms with van der Waals surface area (Å²) in [5, 5.41) is 18.9. The van der Waals surface area contributed by atoms with Crippen molar-refractivity contribution in [2.75, 3.05) is 38.5 Å². The Balaban J connectivity index is 1.38. The first kappa shape index (κ1) is 24.0. The van der Waals surface area contributed by atoms with Crippen molar-refractivity contribution in [2.24, 2.45) is 11.0 Å². The molecule has 1 saturated heterocycles. The Bertz CT molecular complexity index is 1040. The van der Waals surface area contributed by atoms with E-state index in [0.717, 1.165) is 62.3 Å². The lowest BCUT2D eigenvalue weighted by atomic mass is 9.72. The minimum atomic E-state index is -0.737. The number of rotatable bonds is 7. The largest absolute Gasteiger partial charge is 0.481 e. The van der Waals surface area contributed by atoms with Crippen LogP contribution in [-0.2, 0) is 11.2 Å². The lowest BCUT2D eigenvalue weighted by Gasteiger charge is -2.32. The number of aryl methyl sites for hydroxylation is 1. The van der Waals surface area contributed by atoms with Crippen molar-refractivity contribution in [3.05, 3.63) is 64.7 Å². The van der Waals surface area contributed by atoms with E-state index in [1.165, 1.54) is 5.56 Å². The third-order valence-corrected chi connectivity index (χ3v) is 7.05. The second kappa shape index (κ2) is 10.8. The van der Waals surface area contributed by atoms with Crippen LogP contribution in [0.2, 0.25) is 0 Å². The first-order valence-corrected chi connectivity index (χ1v) is 12.2. The number of aliphatic carboxylic acids is 1. The molecule has 7 heteroatoms. The summed E-state index contributed by atoms with van der Waals surface area (Å²) < 4.78 is 0. The number of benzene rings is 2. The molecule has 7 nitrogen and oxygen atoms in total. The molecule has 2 unspecified atom stereocenters. The number of anilines is 1. The second-order valence-corrected chi connectivity index (χ2v) is 9.40. The molecule has 0 saturated carbocycles. The van der Waals surface area contributed by atoms with E-state index in [-0.39, 0.29) is 24.2 Å². The number of carboxylic acid groups (broad SMARTS) is 1. The molecule has 34 heavy (non-hydrogen) atoms. The van der Waals surface area contributed by atoms with Gasteiger partial charge in [-0.2, -0.15) is 5.10 Å². The van der Waals surface area contributed by atoms with Crippen LogP contribution in [0.5, 0.6) is 0 Å². The zero-order valence-electron chi connectivity index (χ0n) is 20.0. The molecule has 4 rings (SSSR count). The Kier molecular flexibility index (Phi) is 7.63. The van der Waals surface area contributed by atoms with Crippen molar-refractivity contribution in [3.8, 4) is 0 Å². The number of nitrogens with one attached hydrogen (secondary N) is 1. The molecule has 0 radical (unpaired) electrons. The number of amides is 1. The number of likely N-dealkylation sites (N-methyl/N-ethyl adjacent to an activating group) is 1. The van der Waals surface area contributed by atoms with E-state index in [2.05, 4.69) is 34.3 Å². The van der Waals surface area contributed by atoms with Gasteiger partial charge in [-0.3, -0.25) is 14.6 Å². The molecule has 1 amide bonds. The number of carbonyl (C=O) groups excluding carboxylic acids is 1. The number of fused-ring (bicyclic) bond motifs is 1. The van der Waals surface area contributed by atoms with E-state index in [1.807, 2.05) is 48.7 Å². The standard InChI is InChI=1S/C27H34N4O3/c1-3-24-21(17-26(32)33)7-6-20-16-22(8-11-25(20)24)27(34)29-23-9-4-19(5-10-23)18-28-31-14-12-30(2)13-15-31/h4-5,8-11,16,18,21,24H,3,6-7,12-15,17H2,1-2H3,(H,29,34)(H,32,33). The first-order valence-electron chi connectivity index (χ1n) is 12.2. The molecule has 1 aliphatic carbocycles. The van der Waals surface area contributed by atoms with Gasteiger partial charge in [0.1, 0.15) is 0 Å². The van der Waals surface area contributed by atoms with Crippen LogP contribution in [0.1, 0.15) is 59.2 Å². The Morgan fingerprint density at radius 2 is 1.85 bits per heavy atom. The summed E-state index contributed by atoms with van der Waals surface area (Å²) in [6.45, 7) is 6.01. The van der Waals surface area contributed by atoms with Gasteiger partial charge in [0, 0.05) is 43.9 Å². The molecule has 1 heterocycles. The first-order chi connectivity index (χ1) is 16.4. The third-order valence-electron chi connectivity index (χ3n) is 7.05. The van der Waals surface area contributed by atoms with Gasteiger partial charge in [-0.05, 0) is 79.1 Å². The number of nitrogens with zero attached hydrogens (tertiary/aromatic N) is 3. The molecular formula is C27H34N4O3. The van der Waals surface area contributed by atoms with Gasteiger partial charge >= 0.3 is 5.97 Å². The fourth-order valence-electron chi connectivity index (χ4n) is 5.06. The molecule has 0 spiro atoms. The predicted octanol–water partition coefficient (Wildman–Crippen LogP) is 4.05. The van der Waals surface area contributed by atoms with E-state index in [4.69, 9.17) is 0 Å². The van der Waals surface area contributed by atoms with E-state index in [1.54, 1.807) is 0 Å². The van der Waals surface area contributed by atoms with Crippen LogP contribution in [0.4, 0.5) is 5.69 Å². The number of piperazine rings is 1. The van der Waals surface area contributed by atoms with Gasteiger partial charge in [-0.1, -0.05) is 25.1 Å². The van der Waals surface area contributed by atoms with Gasteiger partial charge in [-0.25, -0.2) is 0 Å². The zero-order chi connectivity index (χ0) is 24.1. The number of hydrazone groups is 1. The Labute approximate surface area is 201 Å². The van der Waals surface area contributed by atoms with E-state index < -0.39 is 5.97 Å². The predicted molar refractivity (Wildman–Crippen MR) is 135 cm³/mol. The van der Waals surface area contributed by atoms with Gasteiger partial charge in [0.2, 0.25) is 0 Å². The van der Waals surface area contributed by atoms with Gasteiger partial charge < -0.3 is 15.3 Å².